The second-order valence-corrected chi connectivity index (χ2v) is 7.62. The highest BCUT2D eigenvalue weighted by Crippen LogP contribution is 2.41. The Labute approximate surface area is 154 Å². The van der Waals surface area contributed by atoms with Gasteiger partial charge in [-0.3, -0.25) is 4.90 Å². The summed E-state index contributed by atoms with van der Waals surface area (Å²) in [7, 11) is 0. The molecule has 2 aliphatic rings. The zero-order valence-electron chi connectivity index (χ0n) is 15.0. The molecule has 5 nitrogen and oxygen atoms in total. The number of carbonyl (C=O) groups is 1. The van der Waals surface area contributed by atoms with Crippen LogP contribution in [-0.2, 0) is 6.54 Å². The lowest BCUT2D eigenvalue weighted by molar-refractivity contribution is 0.0690. The Balaban J connectivity index is 1.36. The summed E-state index contributed by atoms with van der Waals surface area (Å²) < 4.78 is 0. The first kappa shape index (κ1) is 17.0. The second-order valence-electron chi connectivity index (χ2n) is 7.62. The van der Waals surface area contributed by atoms with E-state index in [1.165, 1.54) is 25.1 Å². The molecule has 26 heavy (non-hydrogen) atoms. The lowest BCUT2D eigenvalue weighted by Crippen LogP contribution is -2.42. The van der Waals surface area contributed by atoms with E-state index in [9.17, 15) is 4.79 Å². The predicted octanol–water partition coefficient (Wildman–Crippen LogP) is 3.27. The average molecular weight is 351 g/mol. The van der Waals surface area contributed by atoms with Gasteiger partial charge in [0.05, 0.1) is 0 Å². The quantitative estimate of drug-likeness (QED) is 0.916. The van der Waals surface area contributed by atoms with Gasteiger partial charge in [0.15, 0.2) is 5.69 Å². The van der Waals surface area contributed by atoms with Crippen LogP contribution in [0.25, 0.3) is 0 Å². The van der Waals surface area contributed by atoms with Gasteiger partial charge in [-0.2, -0.15) is 0 Å². The number of likely N-dealkylation sites (tertiary alicyclic amines) is 1. The topological polar surface area (TPSA) is 56.7 Å². The van der Waals surface area contributed by atoms with Crippen LogP contribution in [0, 0.1) is 5.41 Å². The van der Waals surface area contributed by atoms with Gasteiger partial charge in [-0.1, -0.05) is 36.4 Å². The van der Waals surface area contributed by atoms with Crippen molar-refractivity contribution < 1.29 is 9.90 Å². The molecule has 2 aliphatic heterocycles. The van der Waals surface area contributed by atoms with Crippen LogP contribution in [0.3, 0.4) is 0 Å². The van der Waals surface area contributed by atoms with Crippen LogP contribution in [0.1, 0.15) is 35.3 Å². The molecule has 0 bridgehead atoms. The van der Waals surface area contributed by atoms with Gasteiger partial charge in [0.1, 0.15) is 5.82 Å². The summed E-state index contributed by atoms with van der Waals surface area (Å²) in [6, 6.07) is 15.9. The Morgan fingerprint density at radius 1 is 1.00 bits per heavy atom. The molecule has 1 aromatic carbocycles. The maximum absolute atomic E-state index is 11.1. The van der Waals surface area contributed by atoms with Crippen molar-refractivity contribution in [3.8, 4) is 0 Å². The molecule has 5 heteroatoms. The molecule has 136 valence electrons. The van der Waals surface area contributed by atoms with Crippen LogP contribution in [0.4, 0.5) is 5.82 Å². The molecular formula is C21H25N3O2. The molecule has 1 aromatic heterocycles. The Bertz CT molecular complexity index is 770. The number of carboxylic acid groups (broad SMARTS) is 1. The Kier molecular flexibility index (Phi) is 4.64. The Hall–Kier alpha value is -2.40. The maximum atomic E-state index is 11.1. The lowest BCUT2D eigenvalue weighted by Gasteiger charge is -2.40. The van der Waals surface area contributed by atoms with Crippen molar-refractivity contribution in [3.63, 3.8) is 0 Å². The van der Waals surface area contributed by atoms with Crippen LogP contribution in [-0.4, -0.2) is 47.1 Å². The van der Waals surface area contributed by atoms with Gasteiger partial charge in [-0.25, -0.2) is 9.78 Å². The second kappa shape index (κ2) is 7.08. The number of aromatic nitrogens is 1. The fraction of sp³-hybridized carbons (Fsp3) is 0.429. The molecule has 0 amide bonds. The van der Waals surface area contributed by atoms with Crippen molar-refractivity contribution in [1.82, 2.24) is 9.88 Å². The number of benzene rings is 1. The van der Waals surface area contributed by atoms with Gasteiger partial charge >= 0.3 is 5.97 Å². The zero-order chi connectivity index (χ0) is 18.0. The third-order valence-corrected chi connectivity index (χ3v) is 5.87. The first-order chi connectivity index (χ1) is 12.6. The van der Waals surface area contributed by atoms with Gasteiger partial charge in [0, 0.05) is 26.2 Å². The molecule has 0 atom stereocenters. The van der Waals surface area contributed by atoms with Crippen molar-refractivity contribution in [2.75, 3.05) is 31.1 Å². The highest BCUT2D eigenvalue weighted by atomic mass is 16.4. The predicted molar refractivity (Wildman–Crippen MR) is 101 cm³/mol. The SMILES string of the molecule is O=C(O)c1cccc(N2CCC3(CCN(Cc4ccccc4)C3)CC2)n1. The highest BCUT2D eigenvalue weighted by molar-refractivity contribution is 5.85. The Morgan fingerprint density at radius 3 is 2.46 bits per heavy atom. The van der Waals surface area contributed by atoms with E-state index in [0.717, 1.165) is 38.3 Å². The minimum absolute atomic E-state index is 0.123. The first-order valence-corrected chi connectivity index (χ1v) is 9.35. The first-order valence-electron chi connectivity index (χ1n) is 9.35. The number of carboxylic acids is 1. The molecule has 0 unspecified atom stereocenters. The van der Waals surface area contributed by atoms with Crippen molar-refractivity contribution in [2.45, 2.75) is 25.8 Å². The van der Waals surface area contributed by atoms with E-state index >= 15 is 0 Å². The minimum atomic E-state index is -0.965. The molecule has 2 fully saturated rings. The molecule has 2 saturated heterocycles. The summed E-state index contributed by atoms with van der Waals surface area (Å²) in [5.41, 5.74) is 1.92. The smallest absolute Gasteiger partial charge is 0.354 e. The third-order valence-electron chi connectivity index (χ3n) is 5.87. The van der Waals surface area contributed by atoms with Gasteiger partial charge in [-0.05, 0) is 48.9 Å². The number of aromatic carboxylic acids is 1. The van der Waals surface area contributed by atoms with Crippen molar-refractivity contribution >= 4 is 11.8 Å². The average Bonchev–Trinajstić information content (AvgIpc) is 3.05. The summed E-state index contributed by atoms with van der Waals surface area (Å²) in [6.45, 7) is 5.28. The van der Waals surface area contributed by atoms with E-state index in [0.29, 0.717) is 5.41 Å². The van der Waals surface area contributed by atoms with Crippen LogP contribution >= 0.6 is 0 Å². The number of hydrogen-bond acceptors (Lipinski definition) is 4. The molecule has 0 saturated carbocycles. The number of pyridine rings is 1. The number of piperidine rings is 1. The standard InChI is InChI=1S/C21H25N3O2/c25-20(26)18-7-4-8-19(22-18)24-13-10-21(11-14-24)9-12-23(16-21)15-17-5-2-1-3-6-17/h1-8H,9-16H2,(H,25,26). The molecule has 0 radical (unpaired) electrons. The number of hydrogen-bond donors (Lipinski definition) is 1. The largest absolute Gasteiger partial charge is 0.477 e. The van der Waals surface area contributed by atoms with Gasteiger partial charge in [0.2, 0.25) is 0 Å². The summed E-state index contributed by atoms with van der Waals surface area (Å²) in [5.74, 6) is -0.174. The van der Waals surface area contributed by atoms with Gasteiger partial charge < -0.3 is 10.0 Å². The van der Waals surface area contributed by atoms with Crippen LogP contribution in [0.15, 0.2) is 48.5 Å². The fourth-order valence-electron chi connectivity index (χ4n) is 4.34. The molecule has 0 aliphatic carbocycles. The molecule has 4 rings (SSSR count). The minimum Gasteiger partial charge on any atom is -0.477 e. The lowest BCUT2D eigenvalue weighted by atomic mass is 9.78. The number of nitrogens with zero attached hydrogens (tertiary/aromatic N) is 3. The molecule has 2 aromatic rings. The van der Waals surface area contributed by atoms with Gasteiger partial charge in [-0.15, -0.1) is 0 Å². The maximum Gasteiger partial charge on any atom is 0.354 e. The van der Waals surface area contributed by atoms with E-state index in [1.807, 2.05) is 6.07 Å². The molecule has 1 N–H and O–H groups in total. The summed E-state index contributed by atoms with van der Waals surface area (Å²) >= 11 is 0. The zero-order valence-corrected chi connectivity index (χ0v) is 15.0. The van der Waals surface area contributed by atoms with E-state index in [-0.39, 0.29) is 5.69 Å². The summed E-state index contributed by atoms with van der Waals surface area (Å²) in [6.07, 6.45) is 3.56. The third kappa shape index (κ3) is 3.58. The van der Waals surface area contributed by atoms with Crippen LogP contribution in [0.2, 0.25) is 0 Å². The highest BCUT2D eigenvalue weighted by Gasteiger charge is 2.40. The number of rotatable bonds is 4. The summed E-state index contributed by atoms with van der Waals surface area (Å²) in [5, 5.41) is 9.14. The monoisotopic (exact) mass is 351 g/mol. The van der Waals surface area contributed by atoms with Crippen molar-refractivity contribution in [3.05, 3.63) is 59.8 Å². The van der Waals surface area contributed by atoms with E-state index in [4.69, 9.17) is 5.11 Å². The van der Waals surface area contributed by atoms with Crippen molar-refractivity contribution in [2.24, 2.45) is 5.41 Å². The van der Waals surface area contributed by atoms with Crippen LogP contribution in [0.5, 0.6) is 0 Å². The molecular weight excluding hydrogens is 326 g/mol. The fourth-order valence-corrected chi connectivity index (χ4v) is 4.34. The van der Waals surface area contributed by atoms with E-state index < -0.39 is 5.97 Å². The normalized spacial score (nSPS) is 19.8. The van der Waals surface area contributed by atoms with Crippen LogP contribution < -0.4 is 4.90 Å². The van der Waals surface area contributed by atoms with E-state index in [1.54, 1.807) is 12.1 Å². The van der Waals surface area contributed by atoms with Crippen molar-refractivity contribution in [1.29, 1.82) is 0 Å². The van der Waals surface area contributed by atoms with E-state index in [2.05, 4.69) is 45.1 Å². The summed E-state index contributed by atoms with van der Waals surface area (Å²) in [4.78, 5) is 20.2. The molecule has 1 spiro atoms. The Morgan fingerprint density at radius 2 is 1.73 bits per heavy atom. The number of anilines is 1. The van der Waals surface area contributed by atoms with Gasteiger partial charge in [0.25, 0.3) is 0 Å². The molecule has 3 heterocycles.